The predicted octanol–water partition coefficient (Wildman–Crippen LogP) is 1.73. The summed E-state index contributed by atoms with van der Waals surface area (Å²) in [5, 5.41) is 3.17. The smallest absolute Gasteiger partial charge is 0.112 e. The molecule has 1 atom stereocenters. The minimum atomic E-state index is 0.0219. The Balaban J connectivity index is 1.72. The number of anilines is 1. The maximum absolute atomic E-state index is 5.91. The molecule has 6 heteroatoms. The Bertz CT molecular complexity index is 584. The van der Waals surface area contributed by atoms with E-state index in [2.05, 4.69) is 31.2 Å². The third-order valence-corrected chi connectivity index (χ3v) is 3.69. The number of aromatic amines is 1. The van der Waals surface area contributed by atoms with E-state index in [4.69, 9.17) is 4.74 Å². The third-order valence-electron chi connectivity index (χ3n) is 3.69. The number of hydrogen-bond donors (Lipinski definition) is 2. The molecule has 0 saturated carbocycles. The fraction of sp³-hybridized carbons (Fsp3) is 0.467. The van der Waals surface area contributed by atoms with E-state index in [0.717, 1.165) is 49.0 Å². The minimum Gasteiger partial charge on any atom is -0.388 e. The van der Waals surface area contributed by atoms with Gasteiger partial charge in [0.25, 0.3) is 0 Å². The molecule has 0 aliphatic carbocycles. The van der Waals surface area contributed by atoms with E-state index < -0.39 is 0 Å². The van der Waals surface area contributed by atoms with Crippen molar-refractivity contribution >= 4 is 5.69 Å². The highest BCUT2D eigenvalue weighted by Gasteiger charge is 2.23. The van der Waals surface area contributed by atoms with Gasteiger partial charge in [-0.05, 0) is 19.1 Å². The molecule has 0 bridgehead atoms. The zero-order valence-corrected chi connectivity index (χ0v) is 12.5. The number of H-pyrrole nitrogens is 1. The minimum absolute atomic E-state index is 0.0219. The van der Waals surface area contributed by atoms with Gasteiger partial charge in [0.15, 0.2) is 0 Å². The number of aryl methyl sites for hydroxylation is 1. The summed E-state index contributed by atoms with van der Waals surface area (Å²) in [5.74, 6) is 0. The molecule has 0 spiro atoms. The van der Waals surface area contributed by atoms with Gasteiger partial charge in [0.1, 0.15) is 6.10 Å². The molecular formula is C15H21N5O. The van der Waals surface area contributed by atoms with E-state index in [1.165, 1.54) is 0 Å². The molecule has 0 amide bonds. The van der Waals surface area contributed by atoms with Crippen molar-refractivity contribution in [2.75, 3.05) is 32.1 Å². The summed E-state index contributed by atoms with van der Waals surface area (Å²) in [6.07, 6.45) is 3.61. The van der Waals surface area contributed by atoms with Gasteiger partial charge in [-0.1, -0.05) is 0 Å². The van der Waals surface area contributed by atoms with Crippen molar-refractivity contribution in [1.82, 2.24) is 19.9 Å². The molecule has 1 saturated heterocycles. The number of pyridine rings is 1. The number of ether oxygens (including phenoxy) is 1. The molecule has 2 aromatic heterocycles. The van der Waals surface area contributed by atoms with Crippen molar-refractivity contribution in [2.45, 2.75) is 19.6 Å². The van der Waals surface area contributed by atoms with E-state index in [0.29, 0.717) is 0 Å². The van der Waals surface area contributed by atoms with Crippen molar-refractivity contribution in [3.8, 4) is 0 Å². The van der Waals surface area contributed by atoms with Crippen LogP contribution in [0.1, 0.15) is 23.2 Å². The molecule has 3 rings (SSSR count). The van der Waals surface area contributed by atoms with E-state index in [9.17, 15) is 0 Å². The molecule has 1 fully saturated rings. The lowest BCUT2D eigenvalue weighted by molar-refractivity contribution is -0.0353. The van der Waals surface area contributed by atoms with Gasteiger partial charge < -0.3 is 15.0 Å². The fourth-order valence-corrected chi connectivity index (χ4v) is 2.64. The lowest BCUT2D eigenvalue weighted by atomic mass is 10.1. The molecule has 0 radical (unpaired) electrons. The number of aromatic nitrogens is 3. The Kier molecular flexibility index (Phi) is 4.17. The van der Waals surface area contributed by atoms with Crippen LogP contribution in [0, 0.1) is 6.92 Å². The zero-order valence-electron chi connectivity index (χ0n) is 12.5. The van der Waals surface area contributed by atoms with Crippen LogP contribution in [0.25, 0.3) is 0 Å². The van der Waals surface area contributed by atoms with E-state index in [1.807, 2.05) is 26.2 Å². The maximum Gasteiger partial charge on any atom is 0.112 e. The molecule has 1 aliphatic rings. The summed E-state index contributed by atoms with van der Waals surface area (Å²) in [4.78, 5) is 14.2. The first kappa shape index (κ1) is 14.0. The van der Waals surface area contributed by atoms with Gasteiger partial charge in [0, 0.05) is 50.0 Å². The van der Waals surface area contributed by atoms with Crippen molar-refractivity contribution in [3.63, 3.8) is 0 Å². The highest BCUT2D eigenvalue weighted by atomic mass is 16.5. The molecule has 3 heterocycles. The fourth-order valence-electron chi connectivity index (χ4n) is 2.64. The summed E-state index contributed by atoms with van der Waals surface area (Å²) in [5.41, 5.74) is 4.20. The summed E-state index contributed by atoms with van der Waals surface area (Å²) in [7, 11) is 1.92. The number of nitrogens with zero attached hydrogens (tertiary/aromatic N) is 3. The average molecular weight is 287 g/mol. The van der Waals surface area contributed by atoms with Crippen molar-refractivity contribution in [1.29, 1.82) is 0 Å². The lowest BCUT2D eigenvalue weighted by Gasteiger charge is -2.32. The van der Waals surface area contributed by atoms with Crippen molar-refractivity contribution < 1.29 is 4.74 Å². The predicted molar refractivity (Wildman–Crippen MR) is 81.1 cm³/mol. The Labute approximate surface area is 124 Å². The molecule has 0 unspecified atom stereocenters. The van der Waals surface area contributed by atoms with Crippen LogP contribution in [-0.2, 0) is 11.3 Å². The van der Waals surface area contributed by atoms with Gasteiger partial charge in [-0.2, -0.15) is 0 Å². The standard InChI is InChI=1S/C15H21N5O/c1-11-5-12(16-2)6-14(19-11)15-9-20(3-4-21-15)8-13-7-17-10-18-13/h5-7,10,15H,3-4,8-9H2,1-2H3,(H,16,19)(H,17,18)/t15-/m0/s1. The normalized spacial score (nSPS) is 19.6. The molecule has 2 N–H and O–H groups in total. The van der Waals surface area contributed by atoms with Gasteiger partial charge in [-0.15, -0.1) is 0 Å². The third kappa shape index (κ3) is 3.40. The monoisotopic (exact) mass is 287 g/mol. The molecular weight excluding hydrogens is 266 g/mol. The summed E-state index contributed by atoms with van der Waals surface area (Å²) in [6.45, 7) is 5.38. The molecule has 1 aliphatic heterocycles. The number of imidazole rings is 1. The molecule has 0 aromatic carbocycles. The van der Waals surface area contributed by atoms with Crippen LogP contribution < -0.4 is 5.32 Å². The second kappa shape index (κ2) is 6.24. The average Bonchev–Trinajstić information content (AvgIpc) is 3.00. The topological polar surface area (TPSA) is 66.1 Å². The first-order chi connectivity index (χ1) is 10.2. The van der Waals surface area contributed by atoms with Crippen LogP contribution in [0.3, 0.4) is 0 Å². The summed E-state index contributed by atoms with van der Waals surface area (Å²) in [6, 6.07) is 4.10. The van der Waals surface area contributed by atoms with Gasteiger partial charge in [-0.25, -0.2) is 4.98 Å². The number of hydrogen-bond acceptors (Lipinski definition) is 5. The number of rotatable bonds is 4. The van der Waals surface area contributed by atoms with Crippen LogP contribution in [0.2, 0.25) is 0 Å². The van der Waals surface area contributed by atoms with Crippen LogP contribution in [0.5, 0.6) is 0 Å². The first-order valence-corrected chi connectivity index (χ1v) is 7.22. The molecule has 112 valence electrons. The van der Waals surface area contributed by atoms with E-state index in [-0.39, 0.29) is 6.10 Å². The molecule has 6 nitrogen and oxygen atoms in total. The van der Waals surface area contributed by atoms with Crippen LogP contribution in [0.4, 0.5) is 5.69 Å². The quantitative estimate of drug-likeness (QED) is 0.896. The Morgan fingerprint density at radius 1 is 1.48 bits per heavy atom. The largest absolute Gasteiger partial charge is 0.388 e. The lowest BCUT2D eigenvalue weighted by Crippen LogP contribution is -2.38. The highest BCUT2D eigenvalue weighted by molar-refractivity contribution is 5.45. The molecule has 2 aromatic rings. The zero-order chi connectivity index (χ0) is 14.7. The van der Waals surface area contributed by atoms with Gasteiger partial charge >= 0.3 is 0 Å². The van der Waals surface area contributed by atoms with Gasteiger partial charge in [-0.3, -0.25) is 9.88 Å². The number of morpholine rings is 1. The summed E-state index contributed by atoms with van der Waals surface area (Å²) >= 11 is 0. The maximum atomic E-state index is 5.91. The molecule has 21 heavy (non-hydrogen) atoms. The van der Waals surface area contributed by atoms with Crippen molar-refractivity contribution in [2.24, 2.45) is 0 Å². The Morgan fingerprint density at radius 3 is 3.14 bits per heavy atom. The second-order valence-electron chi connectivity index (χ2n) is 5.34. The van der Waals surface area contributed by atoms with Gasteiger partial charge in [0.05, 0.1) is 18.6 Å². The highest BCUT2D eigenvalue weighted by Crippen LogP contribution is 2.24. The van der Waals surface area contributed by atoms with Crippen molar-refractivity contribution in [3.05, 3.63) is 41.7 Å². The SMILES string of the molecule is CNc1cc(C)nc([C@@H]2CN(Cc3cnc[nH]3)CCO2)c1. The van der Waals surface area contributed by atoms with Crippen LogP contribution in [-0.4, -0.2) is 46.6 Å². The van der Waals surface area contributed by atoms with Gasteiger partial charge in [0.2, 0.25) is 0 Å². The number of nitrogens with one attached hydrogen (secondary N) is 2. The first-order valence-electron chi connectivity index (χ1n) is 7.22. The Morgan fingerprint density at radius 2 is 2.38 bits per heavy atom. The van der Waals surface area contributed by atoms with E-state index >= 15 is 0 Å². The second-order valence-corrected chi connectivity index (χ2v) is 5.34. The van der Waals surface area contributed by atoms with Crippen LogP contribution >= 0.6 is 0 Å². The summed E-state index contributed by atoms with van der Waals surface area (Å²) < 4.78 is 5.91. The Hall–Kier alpha value is -1.92. The van der Waals surface area contributed by atoms with E-state index in [1.54, 1.807) is 6.33 Å². The van der Waals surface area contributed by atoms with Crippen LogP contribution in [0.15, 0.2) is 24.7 Å².